The zero-order valence-electron chi connectivity index (χ0n) is 11.6. The molecular weight excluding hydrogens is 272 g/mol. The number of rotatable bonds is 4. The van der Waals surface area contributed by atoms with Crippen molar-refractivity contribution in [1.29, 1.82) is 0 Å². The monoisotopic (exact) mass is 288 g/mol. The van der Waals surface area contributed by atoms with Crippen molar-refractivity contribution in [3.63, 3.8) is 0 Å². The van der Waals surface area contributed by atoms with Crippen LogP contribution < -0.4 is 0 Å². The molecule has 0 spiro atoms. The summed E-state index contributed by atoms with van der Waals surface area (Å²) in [4.78, 5) is 8.74. The van der Waals surface area contributed by atoms with E-state index in [1.54, 1.807) is 6.20 Å². The Balaban J connectivity index is 2.09. The van der Waals surface area contributed by atoms with Crippen LogP contribution in [-0.2, 0) is 12.4 Å². The number of alkyl halides is 1. The Bertz CT molecular complexity index is 715. The Labute approximate surface area is 123 Å². The van der Waals surface area contributed by atoms with E-state index in [1.807, 2.05) is 24.7 Å². The van der Waals surface area contributed by atoms with Crippen LogP contribution in [0.2, 0.25) is 0 Å². The summed E-state index contributed by atoms with van der Waals surface area (Å²) < 4.78 is 4.32. The quantitative estimate of drug-likeness (QED) is 0.688. The fraction of sp³-hybridized carbons (Fsp3) is 0.333. The van der Waals surface area contributed by atoms with Crippen molar-refractivity contribution in [3.8, 4) is 0 Å². The van der Waals surface area contributed by atoms with Crippen LogP contribution in [0, 0.1) is 6.92 Å². The van der Waals surface area contributed by atoms with Crippen molar-refractivity contribution < 1.29 is 0 Å². The summed E-state index contributed by atoms with van der Waals surface area (Å²) in [5.41, 5.74) is 3.41. The molecule has 2 aromatic heterocycles. The van der Waals surface area contributed by atoms with Crippen LogP contribution in [0.3, 0.4) is 0 Å². The van der Waals surface area contributed by atoms with E-state index < -0.39 is 0 Å². The molecule has 0 fully saturated rings. The van der Waals surface area contributed by atoms with Gasteiger partial charge in [-0.2, -0.15) is 0 Å². The molecule has 0 saturated carbocycles. The van der Waals surface area contributed by atoms with Crippen LogP contribution in [0.5, 0.6) is 0 Å². The van der Waals surface area contributed by atoms with Crippen molar-refractivity contribution in [1.82, 2.24) is 19.1 Å². The number of aryl methyl sites for hydroxylation is 1. The van der Waals surface area contributed by atoms with Gasteiger partial charge in [0.1, 0.15) is 5.82 Å². The largest absolute Gasteiger partial charge is 0.335 e. The average Bonchev–Trinajstić information content (AvgIpc) is 3.05. The highest BCUT2D eigenvalue weighted by Crippen LogP contribution is 2.26. The van der Waals surface area contributed by atoms with Gasteiger partial charge in [-0.05, 0) is 25.5 Å². The summed E-state index contributed by atoms with van der Waals surface area (Å²) in [6.07, 6.45) is 5.61. The Morgan fingerprint density at radius 1 is 1.35 bits per heavy atom. The maximum atomic E-state index is 6.08. The predicted molar refractivity (Wildman–Crippen MR) is 81.0 cm³/mol. The Morgan fingerprint density at radius 2 is 2.20 bits per heavy atom. The summed E-state index contributed by atoms with van der Waals surface area (Å²) in [5, 5.41) is 0. The highest BCUT2D eigenvalue weighted by molar-refractivity contribution is 6.16. The lowest BCUT2D eigenvalue weighted by molar-refractivity contribution is 0.464. The molecule has 3 aromatic rings. The molecule has 0 bridgehead atoms. The van der Waals surface area contributed by atoms with Crippen molar-refractivity contribution in [2.24, 2.45) is 0 Å². The predicted octanol–water partition coefficient (Wildman–Crippen LogP) is 3.54. The van der Waals surface area contributed by atoms with E-state index >= 15 is 0 Å². The lowest BCUT2D eigenvalue weighted by Crippen LogP contribution is -2.14. The maximum absolute atomic E-state index is 6.08. The van der Waals surface area contributed by atoms with Crippen molar-refractivity contribution in [3.05, 3.63) is 48.3 Å². The van der Waals surface area contributed by atoms with Gasteiger partial charge >= 0.3 is 0 Å². The number of aromatic nitrogens is 4. The third kappa shape index (κ3) is 2.20. The molecule has 0 aliphatic rings. The molecule has 1 unspecified atom stereocenters. The minimum Gasteiger partial charge on any atom is -0.335 e. The van der Waals surface area contributed by atoms with Crippen molar-refractivity contribution >= 4 is 22.6 Å². The van der Waals surface area contributed by atoms with E-state index in [0.717, 1.165) is 17.9 Å². The topological polar surface area (TPSA) is 35.6 Å². The fourth-order valence-corrected chi connectivity index (χ4v) is 2.91. The molecule has 5 heteroatoms. The van der Waals surface area contributed by atoms with Gasteiger partial charge in [0.15, 0.2) is 0 Å². The van der Waals surface area contributed by atoms with E-state index in [9.17, 15) is 0 Å². The molecule has 0 saturated heterocycles. The van der Waals surface area contributed by atoms with Crippen LogP contribution in [0.4, 0.5) is 0 Å². The molecule has 3 rings (SSSR count). The van der Waals surface area contributed by atoms with Gasteiger partial charge in [0.05, 0.1) is 29.3 Å². The van der Waals surface area contributed by atoms with Gasteiger partial charge in [-0.15, -0.1) is 11.6 Å². The first-order valence-corrected chi connectivity index (χ1v) is 7.22. The second-order valence-electron chi connectivity index (χ2n) is 5.08. The van der Waals surface area contributed by atoms with Crippen LogP contribution in [0.1, 0.15) is 24.4 Å². The van der Waals surface area contributed by atoms with Gasteiger partial charge in [0.25, 0.3) is 0 Å². The Morgan fingerprint density at radius 3 is 2.90 bits per heavy atom. The van der Waals surface area contributed by atoms with Crippen LogP contribution in [0.15, 0.2) is 36.9 Å². The zero-order valence-corrected chi connectivity index (χ0v) is 12.4. The van der Waals surface area contributed by atoms with E-state index in [1.165, 1.54) is 11.1 Å². The van der Waals surface area contributed by atoms with E-state index in [2.05, 4.69) is 39.0 Å². The Hall–Kier alpha value is -1.81. The second-order valence-corrected chi connectivity index (χ2v) is 5.35. The molecular formula is C15H17ClN4. The number of para-hydroxylation sites is 1. The van der Waals surface area contributed by atoms with Crippen molar-refractivity contribution in [2.75, 3.05) is 0 Å². The average molecular weight is 289 g/mol. The molecule has 0 N–H and O–H groups in total. The third-order valence-electron chi connectivity index (χ3n) is 3.58. The molecule has 20 heavy (non-hydrogen) atoms. The zero-order chi connectivity index (χ0) is 14.1. The number of hydrogen-bond acceptors (Lipinski definition) is 2. The first-order chi connectivity index (χ1) is 9.70. The number of nitrogens with zero attached hydrogens (tertiary/aromatic N) is 4. The smallest absolute Gasteiger partial charge is 0.125 e. The molecule has 1 aromatic carbocycles. The molecule has 2 heterocycles. The molecule has 104 valence electrons. The molecule has 0 radical (unpaired) electrons. The first kappa shape index (κ1) is 13.2. The minimum atomic E-state index is 0.268. The van der Waals surface area contributed by atoms with Crippen molar-refractivity contribution in [2.45, 2.75) is 32.3 Å². The van der Waals surface area contributed by atoms with Gasteiger partial charge in [0.2, 0.25) is 0 Å². The summed E-state index contributed by atoms with van der Waals surface area (Å²) in [6.45, 7) is 5.15. The van der Waals surface area contributed by atoms with Crippen LogP contribution in [0.25, 0.3) is 11.0 Å². The number of halogens is 1. The summed E-state index contributed by atoms with van der Waals surface area (Å²) >= 11 is 6.08. The normalized spacial score (nSPS) is 12.9. The molecule has 0 amide bonds. The fourth-order valence-electron chi connectivity index (χ4n) is 2.72. The standard InChI is InChI=1S/C15H17ClN4/c1-11-4-3-5-13-15(11)20(14(8-16)18-13)12(2)9-19-7-6-17-10-19/h3-7,10,12H,8-9H2,1-2H3. The summed E-state index contributed by atoms with van der Waals surface area (Å²) in [5.74, 6) is 1.34. The molecule has 4 nitrogen and oxygen atoms in total. The minimum absolute atomic E-state index is 0.268. The number of imidazole rings is 2. The molecule has 0 aliphatic heterocycles. The highest BCUT2D eigenvalue weighted by Gasteiger charge is 2.16. The Kier molecular flexibility index (Phi) is 3.49. The summed E-state index contributed by atoms with van der Waals surface area (Å²) in [6, 6.07) is 6.46. The number of fused-ring (bicyclic) bond motifs is 1. The summed E-state index contributed by atoms with van der Waals surface area (Å²) in [7, 11) is 0. The van der Waals surface area contributed by atoms with Crippen LogP contribution >= 0.6 is 11.6 Å². The SMILES string of the molecule is Cc1cccc2nc(CCl)n(C(C)Cn3ccnc3)c12. The molecule has 1 atom stereocenters. The van der Waals surface area contributed by atoms with Gasteiger partial charge in [-0.25, -0.2) is 9.97 Å². The van der Waals surface area contributed by atoms with Gasteiger partial charge in [-0.1, -0.05) is 12.1 Å². The second kappa shape index (κ2) is 5.29. The van der Waals surface area contributed by atoms with E-state index in [0.29, 0.717) is 5.88 Å². The number of benzene rings is 1. The lowest BCUT2D eigenvalue weighted by Gasteiger charge is -2.18. The van der Waals surface area contributed by atoms with E-state index in [4.69, 9.17) is 11.6 Å². The van der Waals surface area contributed by atoms with Gasteiger partial charge in [-0.3, -0.25) is 0 Å². The van der Waals surface area contributed by atoms with Crippen LogP contribution in [-0.4, -0.2) is 19.1 Å². The number of hydrogen-bond donors (Lipinski definition) is 0. The lowest BCUT2D eigenvalue weighted by atomic mass is 10.2. The molecule has 0 aliphatic carbocycles. The van der Waals surface area contributed by atoms with Gasteiger partial charge in [0, 0.05) is 18.9 Å². The third-order valence-corrected chi connectivity index (χ3v) is 3.82. The highest BCUT2D eigenvalue weighted by atomic mass is 35.5. The first-order valence-electron chi connectivity index (χ1n) is 6.69. The van der Waals surface area contributed by atoms with E-state index in [-0.39, 0.29) is 6.04 Å². The van der Waals surface area contributed by atoms with Gasteiger partial charge < -0.3 is 9.13 Å². The maximum Gasteiger partial charge on any atom is 0.125 e.